The number of rotatable bonds is 4. The minimum atomic E-state index is -0.517. The third-order valence-corrected chi connectivity index (χ3v) is 3.42. The molecule has 0 spiro atoms. The molecule has 7 heteroatoms. The van der Waals surface area contributed by atoms with Gasteiger partial charge in [0.25, 0.3) is 5.69 Å². The van der Waals surface area contributed by atoms with Crippen molar-refractivity contribution >= 4 is 23.3 Å². The Kier molecular flexibility index (Phi) is 3.96. The van der Waals surface area contributed by atoms with E-state index in [-0.39, 0.29) is 5.69 Å². The number of nitrogen functional groups attached to an aromatic ring is 1. The molecular weight excluding hydrogens is 269 g/mol. The van der Waals surface area contributed by atoms with E-state index >= 15 is 0 Å². The predicted octanol–water partition coefficient (Wildman–Crippen LogP) is 3.00. The van der Waals surface area contributed by atoms with Gasteiger partial charge >= 0.3 is 0 Å². The second-order valence-corrected chi connectivity index (χ2v) is 4.79. The first-order chi connectivity index (χ1) is 9.06. The summed E-state index contributed by atoms with van der Waals surface area (Å²) in [7, 11) is 0. The maximum atomic E-state index is 13.1. The highest BCUT2D eigenvalue weighted by Crippen LogP contribution is 2.28. The summed E-state index contributed by atoms with van der Waals surface area (Å²) in [5.74, 6) is 0.206. The van der Waals surface area contributed by atoms with E-state index in [1.165, 1.54) is 23.9 Å². The third kappa shape index (κ3) is 3.41. The van der Waals surface area contributed by atoms with Crippen LogP contribution in [0.4, 0.5) is 15.9 Å². The molecule has 1 aromatic carbocycles. The first-order valence-electron chi connectivity index (χ1n) is 5.33. The van der Waals surface area contributed by atoms with Crippen LogP contribution in [0.2, 0.25) is 0 Å². The third-order valence-electron chi connectivity index (χ3n) is 2.39. The number of nitrogens with zero attached hydrogens (tertiary/aromatic N) is 2. The fourth-order valence-electron chi connectivity index (χ4n) is 1.49. The lowest BCUT2D eigenvalue weighted by Gasteiger charge is -2.03. The first-order valence-corrected chi connectivity index (χ1v) is 6.32. The Labute approximate surface area is 112 Å². The molecule has 2 rings (SSSR count). The number of anilines is 1. The van der Waals surface area contributed by atoms with Crippen LogP contribution < -0.4 is 5.73 Å². The lowest BCUT2D eigenvalue weighted by Crippen LogP contribution is -1.95. The molecular formula is C12H10FN3O2S. The first kappa shape index (κ1) is 13.3. The number of hydrogen-bond donors (Lipinski definition) is 1. The van der Waals surface area contributed by atoms with Gasteiger partial charge in [-0.3, -0.25) is 10.1 Å². The molecule has 0 fully saturated rings. The van der Waals surface area contributed by atoms with E-state index in [0.29, 0.717) is 17.1 Å². The Morgan fingerprint density at radius 3 is 2.79 bits per heavy atom. The minimum Gasteiger partial charge on any atom is -0.384 e. The zero-order valence-corrected chi connectivity index (χ0v) is 10.6. The SMILES string of the molecule is Nc1ccc(SCc2cc(F)ccc2[N+](=O)[O-])cn1. The van der Waals surface area contributed by atoms with Crippen LogP contribution in [0.15, 0.2) is 41.4 Å². The molecule has 2 N–H and O–H groups in total. The Balaban J connectivity index is 2.16. The second-order valence-electron chi connectivity index (χ2n) is 3.74. The number of nitrogens with two attached hydrogens (primary N) is 1. The van der Waals surface area contributed by atoms with E-state index in [4.69, 9.17) is 5.73 Å². The Morgan fingerprint density at radius 2 is 2.16 bits per heavy atom. The number of nitro groups is 1. The van der Waals surface area contributed by atoms with E-state index in [9.17, 15) is 14.5 Å². The van der Waals surface area contributed by atoms with Crippen molar-refractivity contribution in [2.24, 2.45) is 0 Å². The summed E-state index contributed by atoms with van der Waals surface area (Å²) in [6.07, 6.45) is 1.57. The van der Waals surface area contributed by atoms with Gasteiger partial charge in [-0.1, -0.05) is 0 Å². The Morgan fingerprint density at radius 1 is 1.37 bits per heavy atom. The van der Waals surface area contributed by atoms with Gasteiger partial charge in [-0.05, 0) is 24.3 Å². The van der Waals surface area contributed by atoms with E-state index in [0.717, 1.165) is 11.0 Å². The summed E-state index contributed by atoms with van der Waals surface area (Å²) >= 11 is 1.33. The lowest BCUT2D eigenvalue weighted by atomic mass is 10.2. The highest BCUT2D eigenvalue weighted by Gasteiger charge is 2.14. The van der Waals surface area contributed by atoms with Crippen molar-refractivity contribution in [2.75, 3.05) is 5.73 Å². The molecule has 0 saturated heterocycles. The summed E-state index contributed by atoms with van der Waals surface area (Å²) in [6, 6.07) is 6.83. The minimum absolute atomic E-state index is 0.0858. The zero-order valence-electron chi connectivity index (χ0n) is 9.75. The number of thioether (sulfide) groups is 1. The summed E-state index contributed by atoms with van der Waals surface area (Å²) < 4.78 is 13.1. The molecule has 0 amide bonds. The highest BCUT2D eigenvalue weighted by atomic mass is 32.2. The average Bonchev–Trinajstić information content (AvgIpc) is 2.38. The number of halogens is 1. The van der Waals surface area contributed by atoms with Gasteiger partial charge in [-0.2, -0.15) is 0 Å². The normalized spacial score (nSPS) is 10.4. The quantitative estimate of drug-likeness (QED) is 0.528. The van der Waals surface area contributed by atoms with Crippen LogP contribution in [0.5, 0.6) is 0 Å². The molecule has 0 radical (unpaired) electrons. The molecule has 1 heterocycles. The largest absolute Gasteiger partial charge is 0.384 e. The van der Waals surface area contributed by atoms with Crippen molar-refractivity contribution in [3.05, 3.63) is 58.0 Å². The molecule has 0 atom stereocenters. The maximum absolute atomic E-state index is 13.1. The molecule has 2 aromatic rings. The van der Waals surface area contributed by atoms with Gasteiger partial charge in [0, 0.05) is 28.5 Å². The van der Waals surface area contributed by atoms with Gasteiger partial charge in [0.05, 0.1) is 4.92 Å². The van der Waals surface area contributed by atoms with Crippen LogP contribution in [-0.2, 0) is 5.75 Å². The van der Waals surface area contributed by atoms with Crippen molar-refractivity contribution in [1.29, 1.82) is 0 Å². The number of benzene rings is 1. The molecule has 98 valence electrons. The highest BCUT2D eigenvalue weighted by molar-refractivity contribution is 7.98. The molecule has 0 aliphatic rings. The second kappa shape index (κ2) is 5.66. The lowest BCUT2D eigenvalue weighted by molar-refractivity contribution is -0.385. The summed E-state index contributed by atoms with van der Waals surface area (Å²) in [6.45, 7) is 0. The molecule has 0 unspecified atom stereocenters. The van der Waals surface area contributed by atoms with E-state index in [1.54, 1.807) is 18.3 Å². The van der Waals surface area contributed by atoms with E-state index in [2.05, 4.69) is 4.98 Å². The summed E-state index contributed by atoms with van der Waals surface area (Å²) in [5.41, 5.74) is 5.71. The summed E-state index contributed by atoms with van der Waals surface area (Å²) in [5, 5.41) is 10.8. The number of aromatic nitrogens is 1. The zero-order chi connectivity index (χ0) is 13.8. The predicted molar refractivity (Wildman–Crippen MR) is 71.3 cm³/mol. The van der Waals surface area contributed by atoms with Crippen molar-refractivity contribution in [2.45, 2.75) is 10.6 Å². The Bertz CT molecular complexity index is 604. The molecule has 0 bridgehead atoms. The molecule has 1 aromatic heterocycles. The van der Waals surface area contributed by atoms with Crippen LogP contribution >= 0.6 is 11.8 Å². The van der Waals surface area contributed by atoms with Crippen molar-refractivity contribution in [3.8, 4) is 0 Å². The van der Waals surface area contributed by atoms with Crippen LogP contribution in [0.25, 0.3) is 0 Å². The smallest absolute Gasteiger partial charge is 0.273 e. The molecule has 0 aliphatic heterocycles. The standard InChI is InChI=1S/C12H10FN3O2S/c13-9-1-3-11(16(17)18)8(5-9)7-19-10-2-4-12(14)15-6-10/h1-6H,7H2,(H2,14,15). The van der Waals surface area contributed by atoms with Gasteiger partial charge in [0.15, 0.2) is 0 Å². The number of hydrogen-bond acceptors (Lipinski definition) is 5. The molecule has 19 heavy (non-hydrogen) atoms. The van der Waals surface area contributed by atoms with Crippen LogP contribution in [0.3, 0.4) is 0 Å². The maximum Gasteiger partial charge on any atom is 0.273 e. The van der Waals surface area contributed by atoms with E-state index < -0.39 is 10.7 Å². The van der Waals surface area contributed by atoms with Crippen molar-refractivity contribution < 1.29 is 9.31 Å². The van der Waals surface area contributed by atoms with Crippen LogP contribution in [0.1, 0.15) is 5.56 Å². The fourth-order valence-corrected chi connectivity index (χ4v) is 2.33. The van der Waals surface area contributed by atoms with Crippen molar-refractivity contribution in [1.82, 2.24) is 4.98 Å². The average molecular weight is 279 g/mol. The van der Waals surface area contributed by atoms with Gasteiger partial charge in [0.1, 0.15) is 11.6 Å². The van der Waals surface area contributed by atoms with Crippen LogP contribution in [-0.4, -0.2) is 9.91 Å². The number of nitro benzene ring substituents is 1. The fraction of sp³-hybridized carbons (Fsp3) is 0.0833. The van der Waals surface area contributed by atoms with Gasteiger partial charge in [-0.25, -0.2) is 9.37 Å². The van der Waals surface area contributed by atoms with E-state index in [1.807, 2.05) is 0 Å². The van der Waals surface area contributed by atoms with Gasteiger partial charge < -0.3 is 5.73 Å². The summed E-state index contributed by atoms with van der Waals surface area (Å²) in [4.78, 5) is 15.0. The van der Waals surface area contributed by atoms with Gasteiger partial charge in [-0.15, -0.1) is 11.8 Å². The molecule has 0 saturated carbocycles. The van der Waals surface area contributed by atoms with Gasteiger partial charge in [0.2, 0.25) is 0 Å². The Hall–Kier alpha value is -2.15. The topological polar surface area (TPSA) is 82.0 Å². The molecule has 0 aliphatic carbocycles. The number of pyridine rings is 1. The molecule has 5 nitrogen and oxygen atoms in total. The van der Waals surface area contributed by atoms with Crippen LogP contribution in [0, 0.1) is 15.9 Å². The van der Waals surface area contributed by atoms with Crippen molar-refractivity contribution in [3.63, 3.8) is 0 Å². The monoisotopic (exact) mass is 279 g/mol.